The van der Waals surface area contributed by atoms with Crippen molar-refractivity contribution in [3.05, 3.63) is 71.8 Å². The zero-order valence-electron chi connectivity index (χ0n) is 23.2. The monoisotopic (exact) mass is 558 g/mol. The topological polar surface area (TPSA) is 142 Å². The number of carbonyl (C=O) groups excluding carboxylic acids is 3. The van der Waals surface area contributed by atoms with Gasteiger partial charge in [-0.3, -0.25) is 4.79 Å². The van der Waals surface area contributed by atoms with Crippen LogP contribution in [0.1, 0.15) is 43.1 Å². The summed E-state index contributed by atoms with van der Waals surface area (Å²) in [6.45, 7) is 5.06. The number of hydrogen-bond acceptors (Lipinski definition) is 9. The molecule has 218 valence electrons. The first kappa shape index (κ1) is 31.0. The summed E-state index contributed by atoms with van der Waals surface area (Å²) in [4.78, 5) is 37.7. The molecule has 0 aliphatic carbocycles. The van der Waals surface area contributed by atoms with Gasteiger partial charge in [0.15, 0.2) is 12.4 Å². The summed E-state index contributed by atoms with van der Waals surface area (Å²) in [5.41, 5.74) is -0.0453. The second-order valence-corrected chi connectivity index (χ2v) is 10.1. The van der Waals surface area contributed by atoms with Gasteiger partial charge >= 0.3 is 12.1 Å². The molecule has 2 aromatic rings. The number of rotatable bonds is 12. The lowest BCUT2D eigenvalue weighted by molar-refractivity contribution is -0.276. The summed E-state index contributed by atoms with van der Waals surface area (Å²) in [5, 5.41) is 15.5. The van der Waals surface area contributed by atoms with Crippen molar-refractivity contribution >= 4 is 18.0 Å². The Morgan fingerprint density at radius 2 is 1.65 bits per heavy atom. The Morgan fingerprint density at radius 3 is 2.27 bits per heavy atom. The standard InChI is InChI=1S/C29H38N2O9/c1-19-23(31-22(32)17-29(2,3)35)24(40-26(33)21-13-9-6-10-14-21)25(36-4)27(39-19)37-16-15-30-28(34)38-18-20-11-7-5-8-12-20/h5-14,19,23-25,27,35H,15-18H2,1-4H3,(H,30,34)(H,31,32)/t19-,23-,24+,25-,27+/m1/s1. The first-order valence-corrected chi connectivity index (χ1v) is 13.1. The van der Waals surface area contributed by atoms with E-state index in [9.17, 15) is 19.5 Å². The minimum atomic E-state index is -1.24. The van der Waals surface area contributed by atoms with E-state index in [1.807, 2.05) is 30.3 Å². The number of nitrogens with one attached hydrogen (secondary N) is 2. The van der Waals surface area contributed by atoms with E-state index in [1.165, 1.54) is 21.0 Å². The lowest BCUT2D eigenvalue weighted by Crippen LogP contribution is -2.65. The minimum Gasteiger partial charge on any atom is -0.453 e. The predicted molar refractivity (Wildman–Crippen MR) is 144 cm³/mol. The van der Waals surface area contributed by atoms with Gasteiger partial charge in [-0.2, -0.15) is 0 Å². The maximum Gasteiger partial charge on any atom is 0.407 e. The summed E-state index contributed by atoms with van der Waals surface area (Å²) in [6, 6.07) is 16.9. The van der Waals surface area contributed by atoms with E-state index in [0.717, 1.165) is 5.56 Å². The van der Waals surface area contributed by atoms with Crippen LogP contribution in [0.4, 0.5) is 4.79 Å². The second-order valence-electron chi connectivity index (χ2n) is 10.1. The molecule has 1 aliphatic heterocycles. The van der Waals surface area contributed by atoms with Crippen LogP contribution in [0.3, 0.4) is 0 Å². The molecule has 1 saturated heterocycles. The molecule has 0 bridgehead atoms. The molecule has 0 aromatic heterocycles. The predicted octanol–water partition coefficient (Wildman–Crippen LogP) is 2.56. The largest absolute Gasteiger partial charge is 0.453 e. The number of amides is 2. The Labute approximate surface area is 234 Å². The zero-order chi connectivity index (χ0) is 29.1. The van der Waals surface area contributed by atoms with Gasteiger partial charge in [-0.15, -0.1) is 0 Å². The van der Waals surface area contributed by atoms with Crippen molar-refractivity contribution in [2.24, 2.45) is 0 Å². The maximum absolute atomic E-state index is 13.0. The highest BCUT2D eigenvalue weighted by molar-refractivity contribution is 5.89. The number of carbonyl (C=O) groups is 3. The number of benzene rings is 2. The number of alkyl carbamates (subject to hydrolysis) is 1. The molecule has 1 fully saturated rings. The number of ether oxygens (including phenoxy) is 5. The SMILES string of the molecule is CO[C@H]1[C@@H](OCCNC(=O)OCc2ccccc2)O[C@H](C)[C@@H](NC(=O)CC(C)(C)O)[C@@H]1OC(=O)c1ccccc1. The summed E-state index contributed by atoms with van der Waals surface area (Å²) < 4.78 is 28.5. The van der Waals surface area contributed by atoms with Gasteiger partial charge in [0.05, 0.1) is 36.3 Å². The molecule has 0 radical (unpaired) electrons. The average molecular weight is 559 g/mol. The molecular weight excluding hydrogens is 520 g/mol. The third-order valence-corrected chi connectivity index (χ3v) is 6.11. The lowest BCUT2D eigenvalue weighted by atomic mass is 9.95. The Bertz CT molecular complexity index is 1090. The van der Waals surface area contributed by atoms with E-state index in [1.54, 1.807) is 37.3 Å². The van der Waals surface area contributed by atoms with Crippen LogP contribution in [0.15, 0.2) is 60.7 Å². The Balaban J connectivity index is 1.63. The second kappa shape index (κ2) is 14.8. The fourth-order valence-corrected chi connectivity index (χ4v) is 4.22. The van der Waals surface area contributed by atoms with Crippen molar-refractivity contribution in [3.63, 3.8) is 0 Å². The molecule has 3 N–H and O–H groups in total. The van der Waals surface area contributed by atoms with Gasteiger partial charge in [0.1, 0.15) is 12.7 Å². The van der Waals surface area contributed by atoms with Crippen molar-refractivity contribution in [2.75, 3.05) is 20.3 Å². The van der Waals surface area contributed by atoms with Crippen molar-refractivity contribution < 1.29 is 43.2 Å². The summed E-state index contributed by atoms with van der Waals surface area (Å²) >= 11 is 0. The molecule has 1 aliphatic rings. The van der Waals surface area contributed by atoms with E-state index in [2.05, 4.69) is 10.6 Å². The smallest absolute Gasteiger partial charge is 0.407 e. The minimum absolute atomic E-state index is 0.0484. The van der Waals surface area contributed by atoms with E-state index < -0.39 is 54.2 Å². The molecule has 0 spiro atoms. The fraction of sp³-hybridized carbons (Fsp3) is 0.483. The van der Waals surface area contributed by atoms with Crippen molar-refractivity contribution in [1.82, 2.24) is 10.6 Å². The van der Waals surface area contributed by atoms with Crippen LogP contribution in [-0.4, -0.2) is 79.6 Å². The van der Waals surface area contributed by atoms with Crippen molar-refractivity contribution in [2.45, 2.75) is 70.0 Å². The number of esters is 1. The Morgan fingerprint density at radius 1 is 1.00 bits per heavy atom. The van der Waals surface area contributed by atoms with Gasteiger partial charge in [-0.05, 0) is 38.5 Å². The Hall–Kier alpha value is -3.51. The summed E-state index contributed by atoms with van der Waals surface area (Å²) in [7, 11) is 1.42. The van der Waals surface area contributed by atoms with Gasteiger partial charge in [-0.1, -0.05) is 48.5 Å². The lowest BCUT2D eigenvalue weighted by Gasteiger charge is -2.44. The van der Waals surface area contributed by atoms with Crippen LogP contribution >= 0.6 is 0 Å². The summed E-state index contributed by atoms with van der Waals surface area (Å²) in [5.74, 6) is -1.05. The zero-order valence-corrected chi connectivity index (χ0v) is 23.2. The first-order valence-electron chi connectivity index (χ1n) is 13.1. The van der Waals surface area contributed by atoms with Crippen LogP contribution in [0, 0.1) is 0 Å². The molecule has 1 heterocycles. The molecule has 11 heteroatoms. The van der Waals surface area contributed by atoms with Gasteiger partial charge < -0.3 is 39.4 Å². The van der Waals surface area contributed by atoms with Crippen molar-refractivity contribution in [1.29, 1.82) is 0 Å². The van der Waals surface area contributed by atoms with Crippen molar-refractivity contribution in [3.8, 4) is 0 Å². The number of aliphatic hydroxyl groups is 1. The van der Waals surface area contributed by atoms with E-state index in [-0.39, 0.29) is 26.2 Å². The molecule has 40 heavy (non-hydrogen) atoms. The van der Waals surface area contributed by atoms with Gasteiger partial charge in [0.25, 0.3) is 0 Å². The third-order valence-electron chi connectivity index (χ3n) is 6.11. The van der Waals surface area contributed by atoms with Gasteiger partial charge in [0.2, 0.25) is 5.91 Å². The van der Waals surface area contributed by atoms with Crippen LogP contribution in [-0.2, 0) is 35.1 Å². The van der Waals surface area contributed by atoms with Gasteiger partial charge in [-0.25, -0.2) is 9.59 Å². The van der Waals surface area contributed by atoms with E-state index >= 15 is 0 Å². The first-order chi connectivity index (χ1) is 19.1. The fourth-order valence-electron chi connectivity index (χ4n) is 4.22. The molecular formula is C29H38N2O9. The maximum atomic E-state index is 13.0. The molecule has 0 unspecified atom stereocenters. The van der Waals surface area contributed by atoms with E-state index in [4.69, 9.17) is 23.7 Å². The quantitative estimate of drug-likeness (QED) is 0.265. The molecule has 5 atom stereocenters. The highest BCUT2D eigenvalue weighted by Crippen LogP contribution is 2.27. The summed E-state index contributed by atoms with van der Waals surface area (Å²) in [6.07, 6.45) is -4.29. The average Bonchev–Trinajstić information content (AvgIpc) is 2.92. The van der Waals surface area contributed by atoms with Crippen LogP contribution in [0.5, 0.6) is 0 Å². The molecule has 11 nitrogen and oxygen atoms in total. The van der Waals surface area contributed by atoms with Crippen LogP contribution < -0.4 is 10.6 Å². The number of methoxy groups -OCH3 is 1. The van der Waals surface area contributed by atoms with Crippen LogP contribution in [0.2, 0.25) is 0 Å². The molecule has 2 aromatic carbocycles. The number of hydrogen-bond donors (Lipinski definition) is 3. The van der Waals surface area contributed by atoms with Gasteiger partial charge in [0, 0.05) is 13.7 Å². The molecule has 3 rings (SSSR count). The third kappa shape index (κ3) is 9.60. The highest BCUT2D eigenvalue weighted by atomic mass is 16.7. The molecule has 0 saturated carbocycles. The van der Waals surface area contributed by atoms with E-state index in [0.29, 0.717) is 5.56 Å². The Kier molecular flexibility index (Phi) is 11.4. The highest BCUT2D eigenvalue weighted by Gasteiger charge is 2.48. The normalized spacial score (nSPS) is 22.7. The van der Waals surface area contributed by atoms with Crippen LogP contribution in [0.25, 0.3) is 0 Å². The molecule has 2 amide bonds.